The lowest BCUT2D eigenvalue weighted by atomic mass is 10.1. The van der Waals surface area contributed by atoms with Gasteiger partial charge in [0, 0.05) is 12.7 Å². The number of hydrogen-bond acceptors (Lipinski definition) is 2. The molecule has 0 bridgehead atoms. The summed E-state index contributed by atoms with van der Waals surface area (Å²) in [6.45, 7) is 13.3. The van der Waals surface area contributed by atoms with Gasteiger partial charge >= 0.3 is 0 Å². The van der Waals surface area contributed by atoms with E-state index in [2.05, 4.69) is 23.6 Å². The normalized spacial score (nSPS) is 10.6. The molecule has 0 aliphatic rings. The fraction of sp³-hybridized carbons (Fsp3) is 0.364. The molecule has 0 rings (SSSR count). The molecule has 13 heavy (non-hydrogen) atoms. The van der Waals surface area contributed by atoms with Crippen LogP contribution in [-0.2, 0) is 0 Å². The monoisotopic (exact) mass is 178 g/mol. The third-order valence-corrected chi connectivity index (χ3v) is 1.70. The van der Waals surface area contributed by atoms with Crippen LogP contribution in [0.15, 0.2) is 40.2 Å². The minimum atomic E-state index is 0.825. The van der Waals surface area contributed by atoms with Crippen molar-refractivity contribution in [3.63, 3.8) is 0 Å². The molecule has 0 amide bonds. The van der Waals surface area contributed by atoms with Gasteiger partial charge < -0.3 is 5.32 Å². The zero-order valence-electron chi connectivity index (χ0n) is 8.94. The topological polar surface area (TPSA) is 24.4 Å². The first-order chi connectivity index (χ1) is 6.02. The van der Waals surface area contributed by atoms with E-state index in [1.165, 1.54) is 5.57 Å². The summed E-state index contributed by atoms with van der Waals surface area (Å²) in [6.07, 6.45) is 1.95. The Morgan fingerprint density at radius 3 is 2.08 bits per heavy atom. The molecule has 0 unspecified atom stereocenters. The van der Waals surface area contributed by atoms with Gasteiger partial charge in [0.25, 0.3) is 0 Å². The summed E-state index contributed by atoms with van der Waals surface area (Å²) in [7, 11) is 1.89. The van der Waals surface area contributed by atoms with Gasteiger partial charge in [0.15, 0.2) is 0 Å². The number of aliphatic imine (C=N–C) groups is 1. The van der Waals surface area contributed by atoms with Crippen LogP contribution in [0.4, 0.5) is 0 Å². The SMILES string of the molecule is C=N/C(=C\C(NC)=C(C)C)C(=C)C. The largest absolute Gasteiger partial charge is 0.388 e. The number of nitrogens with zero attached hydrogens (tertiary/aromatic N) is 1. The highest BCUT2D eigenvalue weighted by Crippen LogP contribution is 2.11. The van der Waals surface area contributed by atoms with Crippen LogP contribution in [0.2, 0.25) is 0 Å². The maximum Gasteiger partial charge on any atom is 0.0666 e. The van der Waals surface area contributed by atoms with Crippen LogP contribution in [0, 0.1) is 0 Å². The van der Waals surface area contributed by atoms with E-state index in [9.17, 15) is 0 Å². The zero-order valence-corrected chi connectivity index (χ0v) is 8.94. The highest BCUT2D eigenvalue weighted by molar-refractivity contribution is 5.40. The molecule has 2 nitrogen and oxygen atoms in total. The van der Waals surface area contributed by atoms with Gasteiger partial charge in [-0.15, -0.1) is 0 Å². The van der Waals surface area contributed by atoms with Crippen LogP contribution in [0.5, 0.6) is 0 Å². The van der Waals surface area contributed by atoms with Crippen molar-refractivity contribution in [3.05, 3.63) is 35.2 Å². The summed E-state index contributed by atoms with van der Waals surface area (Å²) >= 11 is 0. The molecule has 0 aliphatic heterocycles. The third-order valence-electron chi connectivity index (χ3n) is 1.70. The molecule has 1 N–H and O–H groups in total. The van der Waals surface area contributed by atoms with E-state index in [-0.39, 0.29) is 0 Å². The Bertz CT molecular complexity index is 266. The van der Waals surface area contributed by atoms with Crippen LogP contribution < -0.4 is 5.32 Å². The van der Waals surface area contributed by atoms with Crippen molar-refractivity contribution in [2.45, 2.75) is 20.8 Å². The van der Waals surface area contributed by atoms with Crippen molar-refractivity contribution in [2.75, 3.05) is 7.05 Å². The number of hydrogen-bond donors (Lipinski definition) is 1. The van der Waals surface area contributed by atoms with Gasteiger partial charge in [-0.3, -0.25) is 4.99 Å². The van der Waals surface area contributed by atoms with E-state index in [4.69, 9.17) is 0 Å². The molecule has 72 valence electrons. The van der Waals surface area contributed by atoms with Crippen molar-refractivity contribution in [3.8, 4) is 0 Å². The second-order valence-electron chi connectivity index (χ2n) is 3.13. The molecule has 0 spiro atoms. The van der Waals surface area contributed by atoms with Crippen molar-refractivity contribution >= 4 is 6.72 Å². The average molecular weight is 178 g/mol. The molecule has 2 heteroatoms. The molecule has 0 atom stereocenters. The molecule has 0 saturated carbocycles. The second kappa shape index (κ2) is 5.36. The zero-order chi connectivity index (χ0) is 10.4. The molecule has 0 heterocycles. The second-order valence-corrected chi connectivity index (χ2v) is 3.13. The summed E-state index contributed by atoms with van der Waals surface area (Å²) in [4.78, 5) is 3.90. The number of allylic oxidation sites excluding steroid dienone is 3. The van der Waals surface area contributed by atoms with E-state index >= 15 is 0 Å². The first-order valence-electron chi connectivity index (χ1n) is 4.22. The molecule has 0 saturated heterocycles. The Morgan fingerprint density at radius 1 is 1.31 bits per heavy atom. The van der Waals surface area contributed by atoms with Gasteiger partial charge in [0.1, 0.15) is 0 Å². The highest BCUT2D eigenvalue weighted by atomic mass is 14.8. The first kappa shape index (κ1) is 11.7. The fourth-order valence-electron chi connectivity index (χ4n) is 0.907. The van der Waals surface area contributed by atoms with Gasteiger partial charge in [0.2, 0.25) is 0 Å². The lowest BCUT2D eigenvalue weighted by Gasteiger charge is -2.06. The van der Waals surface area contributed by atoms with E-state index < -0.39 is 0 Å². The lowest BCUT2D eigenvalue weighted by molar-refractivity contribution is 0.992. The van der Waals surface area contributed by atoms with E-state index in [0.29, 0.717) is 0 Å². The number of likely N-dealkylation sites (N-methyl/N-ethyl adjacent to an activating group) is 1. The Morgan fingerprint density at radius 2 is 1.85 bits per heavy atom. The predicted molar refractivity (Wildman–Crippen MR) is 59.9 cm³/mol. The van der Waals surface area contributed by atoms with Crippen molar-refractivity contribution in [1.29, 1.82) is 0 Å². The Hall–Kier alpha value is -1.31. The van der Waals surface area contributed by atoms with E-state index in [1.54, 1.807) is 0 Å². The van der Waals surface area contributed by atoms with Crippen LogP contribution >= 0.6 is 0 Å². The Kier molecular flexibility index (Phi) is 4.82. The summed E-state index contributed by atoms with van der Waals surface area (Å²) in [5, 5.41) is 3.10. The van der Waals surface area contributed by atoms with Gasteiger partial charge in [-0.05, 0) is 39.1 Å². The van der Waals surface area contributed by atoms with E-state index in [0.717, 1.165) is 17.0 Å². The number of nitrogens with one attached hydrogen (secondary N) is 1. The molecule has 0 radical (unpaired) electrons. The average Bonchev–Trinajstić information content (AvgIpc) is 2.05. The smallest absolute Gasteiger partial charge is 0.0666 e. The van der Waals surface area contributed by atoms with Crippen molar-refractivity contribution < 1.29 is 0 Å². The molecular formula is C11H18N2. The summed E-state index contributed by atoms with van der Waals surface area (Å²) < 4.78 is 0. The van der Waals surface area contributed by atoms with Gasteiger partial charge in [0.05, 0.1) is 5.70 Å². The first-order valence-corrected chi connectivity index (χ1v) is 4.22. The standard InChI is InChI=1S/C11H18N2/c1-8(2)10(12-5)7-11(13-6)9(3)4/h7,13H,1,5H2,2-4,6H3/b10-7-. The van der Waals surface area contributed by atoms with Crippen LogP contribution in [0.3, 0.4) is 0 Å². The van der Waals surface area contributed by atoms with Gasteiger partial charge in [-0.1, -0.05) is 12.2 Å². The summed E-state index contributed by atoms with van der Waals surface area (Å²) in [5.41, 5.74) is 4.02. The fourth-order valence-corrected chi connectivity index (χ4v) is 0.907. The predicted octanol–water partition coefficient (Wildman–Crippen LogP) is 2.66. The maximum atomic E-state index is 3.90. The molecular weight excluding hydrogens is 160 g/mol. The summed E-state index contributed by atoms with van der Waals surface area (Å²) in [6, 6.07) is 0. The van der Waals surface area contributed by atoms with Gasteiger partial charge in [-0.2, -0.15) is 0 Å². The van der Waals surface area contributed by atoms with Crippen molar-refractivity contribution in [1.82, 2.24) is 5.32 Å². The molecule has 0 aromatic rings. The molecule has 0 fully saturated rings. The van der Waals surface area contributed by atoms with E-state index in [1.807, 2.05) is 33.9 Å². The molecule has 0 aliphatic carbocycles. The third kappa shape index (κ3) is 3.74. The van der Waals surface area contributed by atoms with Crippen LogP contribution in [-0.4, -0.2) is 13.8 Å². The maximum absolute atomic E-state index is 3.90. The minimum Gasteiger partial charge on any atom is -0.388 e. The Labute approximate surface area is 80.8 Å². The summed E-state index contributed by atoms with van der Waals surface area (Å²) in [5.74, 6) is 0. The van der Waals surface area contributed by atoms with Crippen LogP contribution in [0.25, 0.3) is 0 Å². The molecule has 0 aromatic carbocycles. The van der Waals surface area contributed by atoms with Crippen LogP contribution in [0.1, 0.15) is 20.8 Å². The lowest BCUT2D eigenvalue weighted by Crippen LogP contribution is -2.05. The quantitative estimate of drug-likeness (QED) is 0.519. The Balaban J connectivity index is 4.98. The molecule has 0 aromatic heterocycles. The minimum absolute atomic E-state index is 0.825. The van der Waals surface area contributed by atoms with Crippen molar-refractivity contribution in [2.24, 2.45) is 4.99 Å². The number of rotatable bonds is 4. The van der Waals surface area contributed by atoms with Gasteiger partial charge in [-0.25, -0.2) is 0 Å². The highest BCUT2D eigenvalue weighted by Gasteiger charge is 1.97.